The molecule has 0 saturated carbocycles. The molecule has 0 saturated heterocycles. The van der Waals surface area contributed by atoms with Crippen LogP contribution in [-0.2, 0) is 14.3 Å². The Morgan fingerprint density at radius 1 is 1.22 bits per heavy atom. The Morgan fingerprint density at radius 3 is 2.22 bits per heavy atom. The Bertz CT molecular complexity index is 535. The van der Waals surface area contributed by atoms with Crippen molar-refractivity contribution in [3.8, 4) is 0 Å². The van der Waals surface area contributed by atoms with Gasteiger partial charge in [0.2, 0.25) is 0 Å². The van der Waals surface area contributed by atoms with Crippen molar-refractivity contribution in [1.82, 2.24) is 0 Å². The van der Waals surface area contributed by atoms with Crippen LogP contribution >= 0.6 is 0 Å². The average molecular weight is 282 g/mol. The van der Waals surface area contributed by atoms with E-state index in [0.717, 1.165) is 5.56 Å². The monoisotopic (exact) mass is 282 g/mol. The zero-order valence-electron chi connectivity index (χ0n) is 10.1. The van der Waals surface area contributed by atoms with Gasteiger partial charge in [0.1, 0.15) is 0 Å². The van der Waals surface area contributed by atoms with Crippen molar-refractivity contribution in [3.63, 3.8) is 0 Å². The number of alkyl halides is 3. The van der Waals surface area contributed by atoms with Gasteiger partial charge in [-0.25, -0.2) is 0 Å². The number of rotatable bonds is 3. The summed E-state index contributed by atoms with van der Waals surface area (Å²) in [5, 5.41) is 0. The molecule has 0 N–H and O–H groups in total. The molecule has 0 aliphatic rings. The van der Waals surface area contributed by atoms with Gasteiger partial charge in [0.25, 0.3) is 0 Å². The molecule has 102 valence electrons. The van der Waals surface area contributed by atoms with E-state index in [1.54, 1.807) is 25.1 Å². The van der Waals surface area contributed by atoms with Gasteiger partial charge < -0.3 is 0 Å². The van der Waals surface area contributed by atoms with E-state index in [-0.39, 0.29) is 0 Å². The third kappa shape index (κ3) is 3.23. The Labute approximate surface area is 104 Å². The van der Waals surface area contributed by atoms with Crippen molar-refractivity contribution < 1.29 is 25.8 Å². The predicted molar refractivity (Wildman–Crippen MR) is 60.4 cm³/mol. The number of hydrogen-bond donors (Lipinski definition) is 0. The van der Waals surface area contributed by atoms with E-state index in [1.165, 1.54) is 6.92 Å². The fourth-order valence-electron chi connectivity index (χ4n) is 1.58. The molecule has 0 heterocycles. The second kappa shape index (κ2) is 4.89. The molecular weight excluding hydrogens is 269 g/mol. The molecule has 0 amide bonds. The third-order valence-electron chi connectivity index (χ3n) is 2.42. The predicted octanol–water partition coefficient (Wildman–Crippen LogP) is 3.23. The Hall–Kier alpha value is -1.08. The fourth-order valence-corrected chi connectivity index (χ4v) is 2.17. The molecule has 1 rings (SSSR count). The van der Waals surface area contributed by atoms with E-state index in [0.29, 0.717) is 11.1 Å². The highest BCUT2D eigenvalue weighted by Gasteiger charge is 2.48. The van der Waals surface area contributed by atoms with Crippen LogP contribution in [0.4, 0.5) is 13.2 Å². The summed E-state index contributed by atoms with van der Waals surface area (Å²) < 4.78 is 62.4. The lowest BCUT2D eigenvalue weighted by Gasteiger charge is -2.17. The van der Waals surface area contributed by atoms with E-state index in [4.69, 9.17) is 0 Å². The van der Waals surface area contributed by atoms with Gasteiger partial charge in [-0.05, 0) is 31.9 Å². The number of hydrogen-bond acceptors (Lipinski definition) is 3. The minimum atomic E-state index is -5.57. The Balaban J connectivity index is 3.00. The van der Waals surface area contributed by atoms with Crippen LogP contribution in [0.15, 0.2) is 18.2 Å². The van der Waals surface area contributed by atoms with Gasteiger partial charge in [0, 0.05) is 0 Å². The summed E-state index contributed by atoms with van der Waals surface area (Å²) in [5.74, 6) is 0. The minimum absolute atomic E-state index is 0.411. The number of halogens is 3. The van der Waals surface area contributed by atoms with E-state index >= 15 is 0 Å². The maximum atomic E-state index is 12.2. The van der Waals surface area contributed by atoms with Gasteiger partial charge in [-0.3, -0.25) is 4.18 Å². The molecule has 7 heteroatoms. The van der Waals surface area contributed by atoms with Crippen molar-refractivity contribution in [3.05, 3.63) is 34.9 Å². The maximum Gasteiger partial charge on any atom is 0.523 e. The lowest BCUT2D eigenvalue weighted by molar-refractivity contribution is -0.0569. The first kappa shape index (κ1) is 15.0. The summed E-state index contributed by atoms with van der Waals surface area (Å²) in [7, 11) is -5.57. The second-order valence-corrected chi connectivity index (χ2v) is 5.56. The standard InChI is InChI=1S/C11H13F3O3S/c1-7-4-5-10(8(2)6-7)9(3)17-18(15,16)11(12,13)14/h4-6,9H,1-3H3. The lowest BCUT2D eigenvalue weighted by Crippen LogP contribution is -2.26. The largest absolute Gasteiger partial charge is 0.523 e. The van der Waals surface area contributed by atoms with E-state index in [1.807, 2.05) is 6.92 Å². The van der Waals surface area contributed by atoms with Crippen molar-refractivity contribution >= 4 is 10.1 Å². The normalized spacial score (nSPS) is 14.6. The average Bonchev–Trinajstić information content (AvgIpc) is 2.14. The van der Waals surface area contributed by atoms with Gasteiger partial charge in [0.15, 0.2) is 0 Å². The third-order valence-corrected chi connectivity index (χ3v) is 3.53. The van der Waals surface area contributed by atoms with Gasteiger partial charge >= 0.3 is 15.6 Å². The minimum Gasteiger partial charge on any atom is -0.255 e. The molecule has 0 aliphatic heterocycles. The van der Waals surface area contributed by atoms with E-state index in [9.17, 15) is 21.6 Å². The van der Waals surface area contributed by atoms with E-state index < -0.39 is 21.7 Å². The topological polar surface area (TPSA) is 43.4 Å². The van der Waals surface area contributed by atoms with Gasteiger partial charge in [-0.15, -0.1) is 0 Å². The molecule has 0 fully saturated rings. The fraction of sp³-hybridized carbons (Fsp3) is 0.455. The van der Waals surface area contributed by atoms with Crippen LogP contribution < -0.4 is 0 Å². The molecular formula is C11H13F3O3S. The summed E-state index contributed by atoms with van der Waals surface area (Å²) in [6, 6.07) is 4.99. The van der Waals surface area contributed by atoms with Gasteiger partial charge in [0.05, 0.1) is 6.10 Å². The highest BCUT2D eigenvalue weighted by molar-refractivity contribution is 7.87. The summed E-state index contributed by atoms with van der Waals surface area (Å²) in [5.41, 5.74) is -3.38. The Morgan fingerprint density at radius 2 is 1.78 bits per heavy atom. The first-order chi connectivity index (χ1) is 8.04. The van der Waals surface area contributed by atoms with Crippen molar-refractivity contribution in [2.24, 2.45) is 0 Å². The molecule has 0 aliphatic carbocycles. The first-order valence-electron chi connectivity index (χ1n) is 5.11. The van der Waals surface area contributed by atoms with Gasteiger partial charge in [-0.2, -0.15) is 21.6 Å². The molecule has 0 aromatic heterocycles. The summed E-state index contributed by atoms with van der Waals surface area (Å²) in [6.45, 7) is 4.78. The highest BCUT2D eigenvalue weighted by atomic mass is 32.2. The molecule has 1 unspecified atom stereocenters. The summed E-state index contributed by atoms with van der Waals surface area (Å²) >= 11 is 0. The van der Waals surface area contributed by atoms with Crippen LogP contribution in [0.5, 0.6) is 0 Å². The number of benzene rings is 1. The highest BCUT2D eigenvalue weighted by Crippen LogP contribution is 2.31. The number of aryl methyl sites for hydroxylation is 2. The van der Waals surface area contributed by atoms with Gasteiger partial charge in [-0.1, -0.05) is 23.8 Å². The quantitative estimate of drug-likeness (QED) is 0.631. The smallest absolute Gasteiger partial charge is 0.255 e. The van der Waals surface area contributed by atoms with Crippen LogP contribution in [0.25, 0.3) is 0 Å². The summed E-state index contributed by atoms with van der Waals surface area (Å²) in [4.78, 5) is 0. The zero-order valence-corrected chi connectivity index (χ0v) is 10.9. The molecule has 3 nitrogen and oxygen atoms in total. The molecule has 1 aromatic rings. The molecule has 1 aromatic carbocycles. The molecule has 1 atom stereocenters. The first-order valence-corrected chi connectivity index (χ1v) is 6.52. The lowest BCUT2D eigenvalue weighted by atomic mass is 10.0. The van der Waals surface area contributed by atoms with Crippen LogP contribution in [0, 0.1) is 13.8 Å². The van der Waals surface area contributed by atoms with Crippen LogP contribution in [-0.4, -0.2) is 13.9 Å². The Kier molecular flexibility index (Phi) is 4.07. The molecule has 18 heavy (non-hydrogen) atoms. The molecule has 0 spiro atoms. The van der Waals surface area contributed by atoms with Crippen LogP contribution in [0.1, 0.15) is 29.7 Å². The van der Waals surface area contributed by atoms with E-state index in [2.05, 4.69) is 4.18 Å². The molecule has 0 radical (unpaired) electrons. The van der Waals surface area contributed by atoms with Crippen LogP contribution in [0.2, 0.25) is 0 Å². The van der Waals surface area contributed by atoms with Crippen molar-refractivity contribution in [1.29, 1.82) is 0 Å². The second-order valence-electron chi connectivity index (χ2n) is 4.00. The molecule has 0 bridgehead atoms. The maximum absolute atomic E-state index is 12.2. The summed E-state index contributed by atoms with van der Waals surface area (Å²) in [6.07, 6.45) is -1.18. The SMILES string of the molecule is Cc1ccc(C(C)OS(=O)(=O)C(F)(F)F)c(C)c1. The van der Waals surface area contributed by atoms with Crippen molar-refractivity contribution in [2.75, 3.05) is 0 Å². The van der Waals surface area contributed by atoms with Crippen LogP contribution in [0.3, 0.4) is 0 Å². The van der Waals surface area contributed by atoms with Crippen molar-refractivity contribution in [2.45, 2.75) is 32.4 Å². The zero-order chi connectivity index (χ0) is 14.1.